The summed E-state index contributed by atoms with van der Waals surface area (Å²) in [6.45, 7) is 2.13. The maximum Gasteiger partial charge on any atom is 0.272 e. The molecular formula is C21H29N5OS. The van der Waals surface area contributed by atoms with Crippen molar-refractivity contribution in [3.05, 3.63) is 23.9 Å². The van der Waals surface area contributed by atoms with Gasteiger partial charge in [0.15, 0.2) is 5.69 Å². The van der Waals surface area contributed by atoms with Gasteiger partial charge in [-0.2, -0.15) is 16.9 Å². The summed E-state index contributed by atoms with van der Waals surface area (Å²) in [6.07, 6.45) is 5.93. The van der Waals surface area contributed by atoms with Gasteiger partial charge in [-0.1, -0.05) is 6.42 Å². The average molecular weight is 400 g/mol. The van der Waals surface area contributed by atoms with Gasteiger partial charge in [-0.25, -0.2) is 0 Å². The molecule has 3 atom stereocenters. The number of thioether (sulfide) groups is 1. The van der Waals surface area contributed by atoms with Crippen molar-refractivity contribution in [2.45, 2.75) is 50.2 Å². The normalized spacial score (nSPS) is 28.5. The van der Waals surface area contributed by atoms with Gasteiger partial charge in [0.25, 0.3) is 5.91 Å². The first-order chi connectivity index (χ1) is 13.7. The molecule has 0 spiro atoms. The number of anilines is 1. The number of benzene rings is 1. The molecule has 2 bridgehead atoms. The van der Waals surface area contributed by atoms with Crippen LogP contribution in [0.2, 0.25) is 0 Å². The van der Waals surface area contributed by atoms with Crippen molar-refractivity contribution in [1.29, 1.82) is 0 Å². The Morgan fingerprint density at radius 1 is 1.21 bits per heavy atom. The van der Waals surface area contributed by atoms with E-state index in [2.05, 4.69) is 50.6 Å². The number of carbonyl (C=O) groups is 1. The highest BCUT2D eigenvalue weighted by Crippen LogP contribution is 2.33. The lowest BCUT2D eigenvalue weighted by molar-refractivity contribution is 0.0462. The van der Waals surface area contributed by atoms with Crippen LogP contribution in [-0.2, 0) is 0 Å². The van der Waals surface area contributed by atoms with E-state index in [4.69, 9.17) is 0 Å². The van der Waals surface area contributed by atoms with Crippen LogP contribution in [0.1, 0.15) is 42.6 Å². The number of rotatable bonds is 3. The lowest BCUT2D eigenvalue weighted by Gasteiger charge is -2.47. The molecule has 1 aromatic heterocycles. The third-order valence-corrected chi connectivity index (χ3v) is 7.76. The van der Waals surface area contributed by atoms with E-state index < -0.39 is 0 Å². The van der Waals surface area contributed by atoms with E-state index >= 15 is 0 Å². The number of nitrogens with one attached hydrogen (secondary N) is 2. The lowest BCUT2D eigenvalue weighted by atomic mass is 9.82. The van der Waals surface area contributed by atoms with Gasteiger partial charge in [-0.3, -0.25) is 9.89 Å². The first-order valence-corrected chi connectivity index (χ1v) is 11.7. The second-order valence-electron chi connectivity index (χ2n) is 8.45. The van der Waals surface area contributed by atoms with Crippen LogP contribution < -0.4 is 10.2 Å². The highest BCUT2D eigenvalue weighted by molar-refractivity contribution is 7.99. The van der Waals surface area contributed by atoms with Crippen molar-refractivity contribution in [3.63, 3.8) is 0 Å². The van der Waals surface area contributed by atoms with E-state index in [0.717, 1.165) is 48.3 Å². The lowest BCUT2D eigenvalue weighted by Crippen LogP contribution is -2.55. The Kier molecular flexibility index (Phi) is 4.97. The van der Waals surface area contributed by atoms with E-state index in [0.29, 0.717) is 17.8 Å². The molecule has 1 amide bonds. The second-order valence-corrected chi connectivity index (χ2v) is 9.67. The van der Waals surface area contributed by atoms with E-state index in [9.17, 15) is 4.79 Å². The number of amides is 1. The molecular weight excluding hydrogens is 370 g/mol. The number of carbonyl (C=O) groups excluding carboxylic acids is 1. The number of fused-ring (bicyclic) bond motifs is 3. The van der Waals surface area contributed by atoms with Crippen LogP contribution in [0.5, 0.6) is 0 Å². The molecule has 0 radical (unpaired) electrons. The third-order valence-electron chi connectivity index (χ3n) is 6.81. The first-order valence-electron chi connectivity index (χ1n) is 10.5. The molecule has 28 heavy (non-hydrogen) atoms. The molecule has 2 aromatic rings. The first kappa shape index (κ1) is 18.3. The topological polar surface area (TPSA) is 64.3 Å². The maximum absolute atomic E-state index is 13.1. The van der Waals surface area contributed by atoms with E-state index in [-0.39, 0.29) is 11.9 Å². The van der Waals surface area contributed by atoms with Gasteiger partial charge in [0, 0.05) is 53.8 Å². The molecule has 6 nitrogen and oxygen atoms in total. The number of H-pyrrole nitrogens is 1. The largest absolute Gasteiger partial charge is 0.370 e. The van der Waals surface area contributed by atoms with Crippen LogP contribution in [0.4, 0.5) is 5.69 Å². The molecule has 7 heteroatoms. The molecule has 0 aliphatic carbocycles. The Morgan fingerprint density at radius 3 is 2.71 bits per heavy atom. The van der Waals surface area contributed by atoms with Crippen LogP contribution in [0.15, 0.2) is 18.2 Å². The van der Waals surface area contributed by atoms with Crippen LogP contribution in [0, 0.1) is 0 Å². The number of hydrogen-bond acceptors (Lipinski definition) is 5. The van der Waals surface area contributed by atoms with Gasteiger partial charge in [-0.15, -0.1) is 0 Å². The van der Waals surface area contributed by atoms with Gasteiger partial charge in [0.05, 0.1) is 5.52 Å². The van der Waals surface area contributed by atoms with Gasteiger partial charge in [0.1, 0.15) is 0 Å². The second kappa shape index (κ2) is 7.59. The average Bonchev–Trinajstić information content (AvgIpc) is 3.13. The molecule has 4 heterocycles. The predicted octanol–water partition coefficient (Wildman–Crippen LogP) is 2.86. The Labute approximate surface area is 170 Å². The van der Waals surface area contributed by atoms with Crippen molar-refractivity contribution in [3.8, 4) is 0 Å². The summed E-state index contributed by atoms with van der Waals surface area (Å²) in [7, 11) is 2.24. The van der Waals surface area contributed by atoms with Crippen LogP contribution in [0.25, 0.3) is 10.9 Å². The van der Waals surface area contributed by atoms with Crippen molar-refractivity contribution < 1.29 is 4.79 Å². The van der Waals surface area contributed by atoms with Crippen molar-refractivity contribution in [2.75, 3.05) is 36.5 Å². The molecule has 150 valence electrons. The molecule has 3 saturated heterocycles. The van der Waals surface area contributed by atoms with Crippen LogP contribution in [-0.4, -0.2) is 70.8 Å². The molecule has 1 unspecified atom stereocenters. The Bertz CT molecular complexity index is 848. The minimum atomic E-state index is -0.0368. The number of hydrogen-bond donors (Lipinski definition) is 2. The van der Waals surface area contributed by atoms with Crippen LogP contribution in [0.3, 0.4) is 0 Å². The molecule has 3 aliphatic heterocycles. The summed E-state index contributed by atoms with van der Waals surface area (Å²) in [5, 5.41) is 11.6. The van der Waals surface area contributed by atoms with Gasteiger partial charge in [-0.05, 0) is 50.9 Å². The van der Waals surface area contributed by atoms with E-state index in [1.54, 1.807) is 0 Å². The standard InChI is InChI=1S/C21H29N5OS/c1-25-15-3-2-4-16(25)12-14(11-15)22-21(27)20-18-13-17(5-6-19(18)23-24-20)26-7-9-28-10-8-26/h5-6,13-16H,2-4,7-12H2,1H3,(H,22,27)(H,23,24)/t14?,15-,16+. The van der Waals surface area contributed by atoms with Gasteiger partial charge >= 0.3 is 0 Å². The Balaban J connectivity index is 1.34. The fourth-order valence-electron chi connectivity index (χ4n) is 5.18. The molecule has 3 aliphatic rings. The zero-order valence-corrected chi connectivity index (χ0v) is 17.3. The van der Waals surface area contributed by atoms with E-state index in [1.807, 2.05) is 11.8 Å². The molecule has 3 fully saturated rings. The smallest absolute Gasteiger partial charge is 0.272 e. The van der Waals surface area contributed by atoms with Gasteiger partial charge < -0.3 is 15.1 Å². The number of piperidine rings is 2. The minimum absolute atomic E-state index is 0.0368. The fraction of sp³-hybridized carbons (Fsp3) is 0.619. The summed E-state index contributed by atoms with van der Waals surface area (Å²) >= 11 is 2.01. The predicted molar refractivity (Wildman–Crippen MR) is 115 cm³/mol. The summed E-state index contributed by atoms with van der Waals surface area (Å²) in [5.74, 6) is 2.29. The highest BCUT2D eigenvalue weighted by atomic mass is 32.2. The maximum atomic E-state index is 13.1. The molecule has 0 saturated carbocycles. The molecule has 5 rings (SSSR count). The third kappa shape index (κ3) is 3.39. The molecule has 1 aromatic carbocycles. The minimum Gasteiger partial charge on any atom is -0.370 e. The Hall–Kier alpha value is -1.73. The summed E-state index contributed by atoms with van der Waals surface area (Å²) in [6, 6.07) is 7.79. The zero-order valence-electron chi connectivity index (χ0n) is 16.5. The fourth-order valence-corrected chi connectivity index (χ4v) is 6.08. The Morgan fingerprint density at radius 2 is 1.96 bits per heavy atom. The summed E-state index contributed by atoms with van der Waals surface area (Å²) in [5.41, 5.74) is 2.66. The summed E-state index contributed by atoms with van der Waals surface area (Å²) < 4.78 is 0. The van der Waals surface area contributed by atoms with E-state index in [1.165, 1.54) is 24.9 Å². The number of nitrogens with zero attached hydrogens (tertiary/aromatic N) is 3. The SMILES string of the molecule is CN1[C@@H]2CCC[C@H]1CC(NC(=O)c1n[nH]c3ccc(N4CCSCC4)cc13)C2. The highest BCUT2D eigenvalue weighted by Gasteiger charge is 2.36. The zero-order chi connectivity index (χ0) is 19.1. The quantitative estimate of drug-likeness (QED) is 0.831. The summed E-state index contributed by atoms with van der Waals surface area (Å²) in [4.78, 5) is 18.0. The van der Waals surface area contributed by atoms with Crippen molar-refractivity contribution >= 4 is 34.3 Å². The monoisotopic (exact) mass is 399 g/mol. The van der Waals surface area contributed by atoms with Crippen molar-refractivity contribution in [2.24, 2.45) is 0 Å². The number of aromatic amines is 1. The van der Waals surface area contributed by atoms with Gasteiger partial charge in [0.2, 0.25) is 0 Å². The number of aromatic nitrogens is 2. The van der Waals surface area contributed by atoms with Crippen LogP contribution >= 0.6 is 11.8 Å². The molecule has 2 N–H and O–H groups in total. The van der Waals surface area contributed by atoms with Crippen molar-refractivity contribution in [1.82, 2.24) is 20.4 Å².